The molecule has 0 spiro atoms. The molecule has 0 bridgehead atoms. The molecule has 5 nitrogen and oxygen atoms in total. The number of carbonyl (C=O) groups is 1. The van der Waals surface area contributed by atoms with Gasteiger partial charge in [-0.2, -0.15) is 0 Å². The number of carboxylic acid groups (broad SMARTS) is 1. The van der Waals surface area contributed by atoms with Crippen LogP contribution in [0.3, 0.4) is 0 Å². The normalized spacial score (nSPS) is 12.8. The van der Waals surface area contributed by atoms with Gasteiger partial charge >= 0.3 is 10.8 Å². The van der Waals surface area contributed by atoms with E-state index in [0.29, 0.717) is 0 Å². The Morgan fingerprint density at radius 3 is 2.82 bits per heavy atom. The lowest BCUT2D eigenvalue weighted by atomic mass is 10.2. The number of hydrogen-bond acceptors (Lipinski definition) is 4. The minimum absolute atomic E-state index is 0.243. The van der Waals surface area contributed by atoms with E-state index in [0.717, 1.165) is 11.3 Å². The number of H-pyrrole nitrogens is 1. The standard InChI is InChI=1S/C5H6N2O3S/c6-3(4(8)9)2-1-11-5(10)7-2/h1,3H,6H2,(H,7,10)(H,8,9). The summed E-state index contributed by atoms with van der Waals surface area (Å²) in [5.41, 5.74) is 5.43. The molecule has 0 saturated carbocycles. The van der Waals surface area contributed by atoms with Crippen LogP contribution < -0.4 is 10.6 Å². The van der Waals surface area contributed by atoms with Gasteiger partial charge in [-0.25, -0.2) is 0 Å². The topological polar surface area (TPSA) is 96.2 Å². The van der Waals surface area contributed by atoms with Crippen LogP contribution in [0.4, 0.5) is 0 Å². The molecule has 6 heteroatoms. The Morgan fingerprint density at radius 1 is 1.82 bits per heavy atom. The third-order valence-corrected chi connectivity index (χ3v) is 1.83. The van der Waals surface area contributed by atoms with Crippen molar-refractivity contribution >= 4 is 17.3 Å². The van der Waals surface area contributed by atoms with Crippen molar-refractivity contribution in [1.82, 2.24) is 4.98 Å². The molecular weight excluding hydrogens is 168 g/mol. The number of aromatic nitrogens is 1. The lowest BCUT2D eigenvalue weighted by molar-refractivity contribution is -0.138. The van der Waals surface area contributed by atoms with E-state index < -0.39 is 12.0 Å². The maximum absolute atomic E-state index is 10.5. The van der Waals surface area contributed by atoms with Crippen LogP contribution >= 0.6 is 11.3 Å². The highest BCUT2D eigenvalue weighted by Gasteiger charge is 2.15. The van der Waals surface area contributed by atoms with Crippen LogP contribution in [0.25, 0.3) is 0 Å². The molecule has 11 heavy (non-hydrogen) atoms. The second kappa shape index (κ2) is 2.85. The van der Waals surface area contributed by atoms with Gasteiger partial charge in [0.15, 0.2) is 0 Å². The highest BCUT2D eigenvalue weighted by Crippen LogP contribution is 2.06. The summed E-state index contributed by atoms with van der Waals surface area (Å²) in [4.78, 5) is 22.8. The Morgan fingerprint density at radius 2 is 2.45 bits per heavy atom. The summed E-state index contributed by atoms with van der Waals surface area (Å²) in [6.45, 7) is 0. The molecule has 1 unspecified atom stereocenters. The monoisotopic (exact) mass is 174 g/mol. The van der Waals surface area contributed by atoms with Gasteiger partial charge < -0.3 is 15.8 Å². The highest BCUT2D eigenvalue weighted by atomic mass is 32.1. The molecule has 0 saturated heterocycles. The van der Waals surface area contributed by atoms with E-state index in [1.807, 2.05) is 0 Å². The van der Waals surface area contributed by atoms with Gasteiger partial charge in [0.1, 0.15) is 6.04 Å². The van der Waals surface area contributed by atoms with Gasteiger partial charge in [0.2, 0.25) is 0 Å². The van der Waals surface area contributed by atoms with Gasteiger partial charge in [0.25, 0.3) is 0 Å². The van der Waals surface area contributed by atoms with E-state index in [4.69, 9.17) is 10.8 Å². The molecule has 1 rings (SSSR count). The second-order valence-corrected chi connectivity index (χ2v) is 2.76. The molecule has 1 aromatic heterocycles. The molecule has 0 radical (unpaired) electrons. The Bertz CT molecular complexity index is 316. The van der Waals surface area contributed by atoms with Crippen molar-refractivity contribution in [2.45, 2.75) is 6.04 Å². The van der Waals surface area contributed by atoms with Crippen molar-refractivity contribution in [3.63, 3.8) is 0 Å². The molecular formula is C5H6N2O3S. The van der Waals surface area contributed by atoms with E-state index in [9.17, 15) is 9.59 Å². The Hall–Kier alpha value is -1.14. The van der Waals surface area contributed by atoms with E-state index in [2.05, 4.69) is 4.98 Å². The van der Waals surface area contributed by atoms with Gasteiger partial charge in [-0.15, -0.1) is 0 Å². The van der Waals surface area contributed by atoms with Gasteiger partial charge in [-0.1, -0.05) is 11.3 Å². The largest absolute Gasteiger partial charge is 0.480 e. The van der Waals surface area contributed by atoms with E-state index >= 15 is 0 Å². The maximum atomic E-state index is 10.5. The van der Waals surface area contributed by atoms with Gasteiger partial charge in [-0.3, -0.25) is 9.59 Å². The molecule has 0 aliphatic heterocycles. The summed E-state index contributed by atoms with van der Waals surface area (Å²) < 4.78 is 0. The fourth-order valence-corrected chi connectivity index (χ4v) is 1.19. The van der Waals surface area contributed by atoms with E-state index in [1.165, 1.54) is 5.38 Å². The zero-order valence-electron chi connectivity index (χ0n) is 5.40. The predicted molar refractivity (Wildman–Crippen MR) is 39.5 cm³/mol. The molecule has 60 valence electrons. The molecule has 0 aromatic carbocycles. The van der Waals surface area contributed by atoms with Crippen LogP contribution in [-0.4, -0.2) is 16.1 Å². The minimum atomic E-state index is -1.15. The van der Waals surface area contributed by atoms with Crippen LogP contribution in [0.15, 0.2) is 10.2 Å². The van der Waals surface area contributed by atoms with Crippen LogP contribution in [0.5, 0.6) is 0 Å². The Balaban J connectivity index is 2.93. The molecule has 4 N–H and O–H groups in total. The summed E-state index contributed by atoms with van der Waals surface area (Å²) in [6, 6.07) is -1.13. The summed E-state index contributed by atoms with van der Waals surface area (Å²) in [5.74, 6) is -1.15. The molecule has 1 atom stereocenters. The average Bonchev–Trinajstić information content (AvgIpc) is 2.34. The van der Waals surface area contributed by atoms with Crippen LogP contribution in [0, 0.1) is 0 Å². The first-order chi connectivity index (χ1) is 5.11. The lowest BCUT2D eigenvalue weighted by Gasteiger charge is -2.00. The van der Waals surface area contributed by atoms with Gasteiger partial charge in [0, 0.05) is 5.38 Å². The Labute approximate surface area is 65.5 Å². The van der Waals surface area contributed by atoms with Crippen molar-refractivity contribution in [2.24, 2.45) is 5.73 Å². The number of hydrogen-bond donors (Lipinski definition) is 3. The zero-order valence-corrected chi connectivity index (χ0v) is 6.22. The number of carboxylic acids is 1. The molecule has 1 aromatic rings. The Kier molecular flexibility index (Phi) is 2.06. The first-order valence-electron chi connectivity index (χ1n) is 2.77. The minimum Gasteiger partial charge on any atom is -0.480 e. The highest BCUT2D eigenvalue weighted by molar-refractivity contribution is 7.07. The van der Waals surface area contributed by atoms with Crippen LogP contribution in [0.1, 0.15) is 11.7 Å². The fourth-order valence-electron chi connectivity index (χ4n) is 0.578. The number of rotatable bonds is 2. The third kappa shape index (κ3) is 1.66. The van der Waals surface area contributed by atoms with Crippen molar-refractivity contribution in [3.05, 3.63) is 20.7 Å². The SMILES string of the molecule is NC(C(=O)O)c1csc(=O)[nH]1. The summed E-state index contributed by atoms with van der Waals surface area (Å²) in [7, 11) is 0. The quantitative estimate of drug-likeness (QED) is 0.564. The van der Waals surface area contributed by atoms with E-state index in [-0.39, 0.29) is 10.6 Å². The number of nitrogens with two attached hydrogens (primary N) is 1. The van der Waals surface area contributed by atoms with Crippen molar-refractivity contribution < 1.29 is 9.90 Å². The molecule has 0 aliphatic carbocycles. The number of thiazole rings is 1. The molecule has 0 fully saturated rings. The first-order valence-corrected chi connectivity index (χ1v) is 3.65. The molecule has 0 amide bonds. The summed E-state index contributed by atoms with van der Waals surface area (Å²) >= 11 is 0.896. The summed E-state index contributed by atoms with van der Waals surface area (Å²) in [6.07, 6.45) is 0. The molecule has 1 heterocycles. The second-order valence-electron chi connectivity index (χ2n) is 1.92. The first kappa shape index (κ1) is 7.96. The average molecular weight is 174 g/mol. The van der Waals surface area contributed by atoms with Crippen molar-refractivity contribution in [3.8, 4) is 0 Å². The van der Waals surface area contributed by atoms with Crippen LogP contribution in [-0.2, 0) is 4.79 Å². The van der Waals surface area contributed by atoms with Crippen LogP contribution in [0.2, 0.25) is 0 Å². The number of nitrogens with one attached hydrogen (secondary N) is 1. The number of aliphatic carboxylic acids is 1. The number of aromatic amines is 1. The predicted octanol–water partition coefficient (Wildman–Crippen LogP) is -0.479. The third-order valence-electron chi connectivity index (χ3n) is 1.14. The van der Waals surface area contributed by atoms with Gasteiger partial charge in [0.05, 0.1) is 5.69 Å². The fraction of sp³-hybridized carbons (Fsp3) is 0.200. The summed E-state index contributed by atoms with van der Waals surface area (Å²) in [5, 5.41) is 9.81. The molecule has 0 aliphatic rings. The lowest BCUT2D eigenvalue weighted by Crippen LogP contribution is -2.21. The zero-order chi connectivity index (χ0) is 8.43. The van der Waals surface area contributed by atoms with Crippen molar-refractivity contribution in [2.75, 3.05) is 0 Å². The van der Waals surface area contributed by atoms with E-state index in [1.54, 1.807) is 0 Å². The van der Waals surface area contributed by atoms with Crippen molar-refractivity contribution in [1.29, 1.82) is 0 Å². The smallest absolute Gasteiger partial charge is 0.326 e. The van der Waals surface area contributed by atoms with Gasteiger partial charge in [-0.05, 0) is 0 Å². The maximum Gasteiger partial charge on any atom is 0.326 e.